The molecule has 0 saturated heterocycles. The first-order valence-corrected chi connectivity index (χ1v) is 6.85. The van der Waals surface area contributed by atoms with Crippen molar-refractivity contribution in [3.8, 4) is 0 Å². The van der Waals surface area contributed by atoms with Crippen molar-refractivity contribution in [3.05, 3.63) is 52.0 Å². The van der Waals surface area contributed by atoms with Crippen LogP contribution >= 0.6 is 11.3 Å². The summed E-state index contributed by atoms with van der Waals surface area (Å²) in [7, 11) is 0. The number of nitrogens with one attached hydrogen (secondary N) is 1. The van der Waals surface area contributed by atoms with E-state index < -0.39 is 0 Å². The van der Waals surface area contributed by atoms with Crippen molar-refractivity contribution in [2.75, 3.05) is 6.54 Å². The van der Waals surface area contributed by atoms with Gasteiger partial charge in [-0.15, -0.1) is 11.3 Å². The van der Waals surface area contributed by atoms with E-state index in [0.717, 1.165) is 13.0 Å². The van der Waals surface area contributed by atoms with Gasteiger partial charge in [0.15, 0.2) is 0 Å². The summed E-state index contributed by atoms with van der Waals surface area (Å²) in [5.74, 6) is 0. The molecule has 2 heterocycles. The van der Waals surface area contributed by atoms with Crippen LogP contribution in [0.3, 0.4) is 0 Å². The second-order valence-electron chi connectivity index (χ2n) is 4.11. The molecule has 0 aliphatic carbocycles. The van der Waals surface area contributed by atoms with Crippen molar-refractivity contribution in [1.29, 1.82) is 0 Å². The third-order valence-electron chi connectivity index (χ3n) is 2.89. The average molecular weight is 246 g/mol. The molecule has 1 N–H and O–H groups in total. The zero-order valence-corrected chi connectivity index (χ0v) is 11.1. The summed E-state index contributed by atoms with van der Waals surface area (Å²) in [6, 6.07) is 6.76. The van der Waals surface area contributed by atoms with Crippen LogP contribution in [0, 0.1) is 6.92 Å². The highest BCUT2D eigenvalue weighted by Crippen LogP contribution is 2.25. The summed E-state index contributed by atoms with van der Waals surface area (Å²) in [6.07, 6.45) is 4.77. The first-order valence-electron chi connectivity index (χ1n) is 5.97. The number of hydrogen-bond donors (Lipinski definition) is 1. The number of aromatic nitrogens is 1. The number of nitrogens with zero attached hydrogens (tertiary/aromatic N) is 1. The van der Waals surface area contributed by atoms with E-state index in [4.69, 9.17) is 0 Å². The lowest BCUT2D eigenvalue weighted by molar-refractivity contribution is 0.548. The molecule has 0 aromatic carbocycles. The van der Waals surface area contributed by atoms with E-state index in [0.29, 0.717) is 6.04 Å². The number of pyridine rings is 1. The van der Waals surface area contributed by atoms with Gasteiger partial charge >= 0.3 is 0 Å². The molecule has 0 radical (unpaired) electrons. The molecule has 1 atom stereocenters. The highest BCUT2D eigenvalue weighted by atomic mass is 32.1. The van der Waals surface area contributed by atoms with Crippen molar-refractivity contribution >= 4 is 11.3 Å². The molecule has 2 aromatic rings. The van der Waals surface area contributed by atoms with Gasteiger partial charge in [0, 0.05) is 23.3 Å². The molecule has 0 aliphatic rings. The Morgan fingerprint density at radius 2 is 2.29 bits per heavy atom. The highest BCUT2D eigenvalue weighted by Gasteiger charge is 2.14. The van der Waals surface area contributed by atoms with Crippen molar-refractivity contribution in [1.82, 2.24) is 10.3 Å². The van der Waals surface area contributed by atoms with Crippen molar-refractivity contribution in [2.24, 2.45) is 0 Å². The van der Waals surface area contributed by atoms with Crippen LogP contribution in [0.5, 0.6) is 0 Å². The van der Waals surface area contributed by atoms with E-state index in [9.17, 15) is 0 Å². The fourth-order valence-electron chi connectivity index (χ4n) is 2.05. The Hall–Kier alpha value is -1.19. The molecule has 0 saturated carbocycles. The number of rotatable bonds is 5. The predicted molar refractivity (Wildman–Crippen MR) is 73.4 cm³/mol. The molecule has 0 amide bonds. The van der Waals surface area contributed by atoms with Crippen molar-refractivity contribution in [2.45, 2.75) is 26.3 Å². The number of hydrogen-bond acceptors (Lipinski definition) is 3. The normalized spacial score (nSPS) is 12.6. The molecule has 0 spiro atoms. The second-order valence-corrected chi connectivity index (χ2v) is 5.23. The Bertz CT molecular complexity index is 450. The standard InChI is InChI=1S/C14H18N2S/c1-3-16-14(13-6-8-17-11(13)2)9-12-5-4-7-15-10-12/h4-8,10,14,16H,3,9H2,1-2H3. The van der Waals surface area contributed by atoms with Crippen LogP contribution in [0.4, 0.5) is 0 Å². The first kappa shape index (κ1) is 12.3. The van der Waals surface area contributed by atoms with Crippen LogP contribution in [-0.2, 0) is 6.42 Å². The molecule has 2 aromatic heterocycles. The molecular weight excluding hydrogens is 228 g/mol. The fourth-order valence-corrected chi connectivity index (χ4v) is 2.81. The van der Waals surface area contributed by atoms with Crippen LogP contribution in [0.15, 0.2) is 36.0 Å². The first-order chi connectivity index (χ1) is 8.31. The molecule has 0 bridgehead atoms. The molecule has 2 nitrogen and oxygen atoms in total. The van der Waals surface area contributed by atoms with Crippen LogP contribution in [-0.4, -0.2) is 11.5 Å². The minimum Gasteiger partial charge on any atom is -0.310 e. The Balaban J connectivity index is 2.16. The minimum atomic E-state index is 0.399. The summed E-state index contributed by atoms with van der Waals surface area (Å²) in [4.78, 5) is 5.58. The fraction of sp³-hybridized carbons (Fsp3) is 0.357. The van der Waals surface area contributed by atoms with E-state index in [1.54, 1.807) is 0 Å². The van der Waals surface area contributed by atoms with Crippen LogP contribution < -0.4 is 5.32 Å². The lowest BCUT2D eigenvalue weighted by atomic mass is 10.0. The van der Waals surface area contributed by atoms with E-state index in [-0.39, 0.29) is 0 Å². The van der Waals surface area contributed by atoms with Gasteiger partial charge in [-0.05, 0) is 48.5 Å². The van der Waals surface area contributed by atoms with Crippen molar-refractivity contribution < 1.29 is 0 Å². The highest BCUT2D eigenvalue weighted by molar-refractivity contribution is 7.10. The summed E-state index contributed by atoms with van der Waals surface area (Å²) in [6.45, 7) is 5.33. The molecule has 17 heavy (non-hydrogen) atoms. The largest absolute Gasteiger partial charge is 0.310 e. The predicted octanol–water partition coefficient (Wildman–Crippen LogP) is 3.34. The Kier molecular flexibility index (Phi) is 4.29. The molecule has 1 unspecified atom stereocenters. The molecule has 2 rings (SSSR count). The van der Waals surface area contributed by atoms with Gasteiger partial charge in [-0.2, -0.15) is 0 Å². The summed E-state index contributed by atoms with van der Waals surface area (Å²) < 4.78 is 0. The zero-order chi connectivity index (χ0) is 12.1. The Morgan fingerprint density at radius 3 is 2.88 bits per heavy atom. The number of likely N-dealkylation sites (N-methyl/N-ethyl adjacent to an activating group) is 1. The second kappa shape index (κ2) is 5.94. The molecule has 0 fully saturated rings. The van der Waals surface area contributed by atoms with Crippen LogP contribution in [0.1, 0.15) is 29.0 Å². The molecule has 0 aliphatic heterocycles. The Labute approximate surface area is 107 Å². The Morgan fingerprint density at radius 1 is 1.41 bits per heavy atom. The van der Waals surface area contributed by atoms with Crippen LogP contribution in [0.25, 0.3) is 0 Å². The summed E-state index contributed by atoms with van der Waals surface area (Å²) in [5, 5.41) is 5.72. The van der Waals surface area contributed by atoms with Gasteiger partial charge in [-0.3, -0.25) is 4.98 Å². The van der Waals surface area contributed by atoms with E-state index in [2.05, 4.69) is 41.7 Å². The third kappa shape index (κ3) is 3.14. The van der Waals surface area contributed by atoms with Gasteiger partial charge in [0.05, 0.1) is 0 Å². The van der Waals surface area contributed by atoms with Gasteiger partial charge in [0.1, 0.15) is 0 Å². The van der Waals surface area contributed by atoms with Gasteiger partial charge in [-0.25, -0.2) is 0 Å². The minimum absolute atomic E-state index is 0.399. The SMILES string of the molecule is CCNC(Cc1cccnc1)c1ccsc1C. The maximum Gasteiger partial charge on any atom is 0.0372 e. The summed E-state index contributed by atoms with van der Waals surface area (Å²) in [5.41, 5.74) is 2.70. The molecular formula is C14H18N2S. The van der Waals surface area contributed by atoms with Gasteiger partial charge in [0.25, 0.3) is 0 Å². The van der Waals surface area contributed by atoms with Gasteiger partial charge in [0.2, 0.25) is 0 Å². The molecule has 3 heteroatoms. The van der Waals surface area contributed by atoms with Gasteiger partial charge < -0.3 is 5.32 Å². The number of aryl methyl sites for hydroxylation is 1. The van der Waals surface area contributed by atoms with E-state index in [1.807, 2.05) is 29.8 Å². The van der Waals surface area contributed by atoms with E-state index in [1.165, 1.54) is 16.0 Å². The maximum absolute atomic E-state index is 4.18. The lowest BCUT2D eigenvalue weighted by Gasteiger charge is -2.18. The topological polar surface area (TPSA) is 24.9 Å². The van der Waals surface area contributed by atoms with Crippen LogP contribution in [0.2, 0.25) is 0 Å². The zero-order valence-electron chi connectivity index (χ0n) is 10.3. The average Bonchev–Trinajstić information content (AvgIpc) is 2.76. The monoisotopic (exact) mass is 246 g/mol. The summed E-state index contributed by atoms with van der Waals surface area (Å²) >= 11 is 1.81. The van der Waals surface area contributed by atoms with Gasteiger partial charge in [-0.1, -0.05) is 13.0 Å². The molecule has 90 valence electrons. The third-order valence-corrected chi connectivity index (χ3v) is 3.75. The smallest absolute Gasteiger partial charge is 0.0372 e. The van der Waals surface area contributed by atoms with E-state index >= 15 is 0 Å². The lowest BCUT2D eigenvalue weighted by Crippen LogP contribution is -2.23. The van der Waals surface area contributed by atoms with Crippen molar-refractivity contribution in [3.63, 3.8) is 0 Å². The maximum atomic E-state index is 4.18. The quantitative estimate of drug-likeness (QED) is 0.875. The number of thiophene rings is 1.